The number of hydrogen-bond donors (Lipinski definition) is 2. The number of nitrogens with zero attached hydrogens (tertiary/aromatic N) is 2. The Bertz CT molecular complexity index is 428. The Morgan fingerprint density at radius 1 is 0.792 bits per heavy atom. The molecule has 0 atom stereocenters. The molecule has 0 bridgehead atoms. The van der Waals surface area contributed by atoms with E-state index >= 15 is 0 Å². The zero-order chi connectivity index (χ0) is 14.6. The summed E-state index contributed by atoms with van der Waals surface area (Å²) in [5.41, 5.74) is 0. The molecule has 0 aliphatic carbocycles. The molecular formula is C10H10Fe2K2N2Na2O6-2. The third-order valence-electron chi connectivity index (χ3n) is 1.23. The van der Waals surface area contributed by atoms with Crippen LogP contribution in [0.3, 0.4) is 0 Å². The number of hydrogen-bond acceptors (Lipinski definition) is 6. The van der Waals surface area contributed by atoms with Crippen molar-refractivity contribution in [3.63, 3.8) is 0 Å². The van der Waals surface area contributed by atoms with Crippen molar-refractivity contribution >= 4 is 12.3 Å². The van der Waals surface area contributed by atoms with E-state index in [0.29, 0.717) is 0 Å². The summed E-state index contributed by atoms with van der Waals surface area (Å²) in [7, 11) is 0. The van der Waals surface area contributed by atoms with Crippen LogP contribution in [-0.2, 0) is 34.1 Å². The number of carbonyl (C=O) groups is 2. The van der Waals surface area contributed by atoms with Gasteiger partial charge in [-0.05, 0) is 24.3 Å². The standard InChI is InChI=1S/C8H6O6.2CN.2Fe.2K.2Na.4H/c9-7(10)13-5-1-2-6(4-3-5)14-8(11)12;2*1-2;;;;;;;;;;/h1-4H,(H,9,10)(H,11,12);;;;;;;;;;;;/q;2*-1;;;4*+1;4*-1. The summed E-state index contributed by atoms with van der Waals surface area (Å²) in [6.45, 7) is 9.50. The smallest absolute Gasteiger partial charge is 1.00 e. The minimum atomic E-state index is -1.43. The van der Waals surface area contributed by atoms with Gasteiger partial charge in [0.15, 0.2) is 0 Å². The Hall–Kier alpha value is 3.05. The molecule has 0 unspecified atom stereocenters. The summed E-state index contributed by atoms with van der Waals surface area (Å²) >= 11 is 0. The normalized spacial score (nSPS) is 5.50. The van der Waals surface area contributed by atoms with Gasteiger partial charge < -0.3 is 49.1 Å². The summed E-state index contributed by atoms with van der Waals surface area (Å²) in [5, 5.41) is 29.0. The molecule has 0 saturated carbocycles. The average Bonchev–Trinajstić information content (AvgIpc) is 2.35. The van der Waals surface area contributed by atoms with Crippen LogP contribution in [0.25, 0.3) is 0 Å². The topological polar surface area (TPSA) is 141 Å². The molecule has 0 aliphatic heterocycles. The van der Waals surface area contributed by atoms with Gasteiger partial charge in [-0.15, -0.1) is 0 Å². The second kappa shape index (κ2) is 36.9. The van der Waals surface area contributed by atoms with Crippen molar-refractivity contribution in [3.05, 3.63) is 37.4 Å². The predicted molar refractivity (Wildman–Crippen MR) is 58.1 cm³/mol. The van der Waals surface area contributed by atoms with Gasteiger partial charge in [0.05, 0.1) is 0 Å². The first-order chi connectivity index (χ1) is 8.58. The van der Waals surface area contributed by atoms with E-state index in [-0.39, 0.29) is 213 Å². The van der Waals surface area contributed by atoms with Crippen LogP contribution >= 0.6 is 0 Å². The molecule has 0 aliphatic rings. The minimum absolute atomic E-state index is 0. The molecule has 0 amide bonds. The van der Waals surface area contributed by atoms with Gasteiger partial charge in [0.1, 0.15) is 11.5 Å². The second-order valence-corrected chi connectivity index (χ2v) is 2.21. The molecule has 0 fully saturated rings. The largest absolute Gasteiger partial charge is 1.00 e. The maximum absolute atomic E-state index is 10.1. The molecule has 0 heterocycles. The van der Waals surface area contributed by atoms with Crippen molar-refractivity contribution in [2.45, 2.75) is 0 Å². The first kappa shape index (κ1) is 50.6. The molecule has 1 aromatic carbocycles. The predicted octanol–water partition coefficient (Wildman–Crippen LogP) is -9.55. The first-order valence-electron chi connectivity index (χ1n) is 3.94. The van der Waals surface area contributed by atoms with E-state index in [1.54, 1.807) is 0 Å². The van der Waals surface area contributed by atoms with Gasteiger partial charge in [-0.1, -0.05) is 0 Å². The summed E-state index contributed by atoms with van der Waals surface area (Å²) < 4.78 is 8.58. The van der Waals surface area contributed by atoms with Crippen LogP contribution in [0.1, 0.15) is 5.71 Å². The van der Waals surface area contributed by atoms with Crippen LogP contribution in [0.5, 0.6) is 11.5 Å². The van der Waals surface area contributed by atoms with Gasteiger partial charge in [0.2, 0.25) is 0 Å². The van der Waals surface area contributed by atoms with Gasteiger partial charge in [-0.3, -0.25) is 0 Å². The van der Waals surface area contributed by atoms with Gasteiger partial charge in [0.25, 0.3) is 0 Å². The fourth-order valence-corrected chi connectivity index (χ4v) is 0.777. The van der Waals surface area contributed by atoms with Crippen molar-refractivity contribution in [2.75, 3.05) is 0 Å². The van der Waals surface area contributed by atoms with E-state index in [2.05, 4.69) is 9.47 Å². The van der Waals surface area contributed by atoms with Gasteiger partial charge in [0, 0.05) is 34.1 Å². The SMILES string of the molecule is O=C(O)Oc1ccc(OC(=O)O)cc1.[C-]#N.[C-]#N.[Fe].[Fe].[H-].[H-].[H-].[H-].[K+].[K+].[Na+].[Na+]. The van der Waals surface area contributed by atoms with Gasteiger partial charge >= 0.3 is 174 Å². The number of carboxylic acid groups (broad SMARTS) is 2. The van der Waals surface area contributed by atoms with Gasteiger partial charge in [-0.2, -0.15) is 0 Å². The van der Waals surface area contributed by atoms with E-state index in [1.807, 2.05) is 0 Å². The Labute approximate surface area is 296 Å². The zero-order valence-electron chi connectivity index (χ0n) is 17.4. The average molecular weight is 490 g/mol. The van der Waals surface area contributed by atoms with Crippen LogP contribution in [0.4, 0.5) is 9.59 Å². The Morgan fingerprint density at radius 2 is 0.958 bits per heavy atom. The molecule has 8 nitrogen and oxygen atoms in total. The summed E-state index contributed by atoms with van der Waals surface area (Å²) in [5.74, 6) is 0.186. The molecule has 0 radical (unpaired) electrons. The Balaban J connectivity index is -0.0000000172. The van der Waals surface area contributed by atoms with Gasteiger partial charge in [-0.25, -0.2) is 9.59 Å². The van der Waals surface area contributed by atoms with E-state index in [4.69, 9.17) is 33.9 Å². The van der Waals surface area contributed by atoms with Crippen molar-refractivity contribution in [1.29, 1.82) is 10.5 Å². The Morgan fingerprint density at radius 3 is 1.08 bits per heavy atom. The fraction of sp³-hybridized carbons (Fsp3) is 0. The van der Waals surface area contributed by atoms with Crippen LogP contribution in [-0.4, -0.2) is 22.5 Å². The molecule has 24 heavy (non-hydrogen) atoms. The molecule has 118 valence electrons. The third kappa shape index (κ3) is 32.7. The zero-order valence-corrected chi connectivity index (χ0v) is 25.9. The monoisotopic (exact) mass is 490 g/mol. The number of benzene rings is 1. The molecule has 0 aromatic heterocycles. The van der Waals surface area contributed by atoms with Crippen LogP contribution in [0, 0.1) is 23.7 Å². The van der Waals surface area contributed by atoms with Crippen molar-refractivity contribution < 1.29 is 231 Å². The molecule has 2 N–H and O–H groups in total. The maximum Gasteiger partial charge on any atom is 1.00 e. The van der Waals surface area contributed by atoms with Crippen LogP contribution in [0.15, 0.2) is 24.3 Å². The summed E-state index contributed by atoms with van der Waals surface area (Å²) in [6.07, 6.45) is -2.87. The van der Waals surface area contributed by atoms with Crippen LogP contribution < -0.4 is 171 Å². The van der Waals surface area contributed by atoms with Crippen molar-refractivity contribution in [1.82, 2.24) is 0 Å². The van der Waals surface area contributed by atoms with Crippen LogP contribution in [0.2, 0.25) is 0 Å². The van der Waals surface area contributed by atoms with E-state index in [0.717, 1.165) is 0 Å². The molecule has 14 heteroatoms. The third-order valence-corrected chi connectivity index (χ3v) is 1.23. The number of rotatable bonds is 2. The second-order valence-electron chi connectivity index (χ2n) is 2.21. The summed E-state index contributed by atoms with van der Waals surface area (Å²) in [6, 6.07) is 5.14. The fourth-order valence-electron chi connectivity index (χ4n) is 0.777. The maximum atomic E-state index is 10.1. The first-order valence-corrected chi connectivity index (χ1v) is 3.94. The van der Waals surface area contributed by atoms with E-state index in [1.165, 1.54) is 24.3 Å². The Kier molecular flexibility index (Phi) is 77.8. The molecular weight excluding hydrogens is 480 g/mol. The van der Waals surface area contributed by atoms with Crippen molar-refractivity contribution in [2.24, 2.45) is 0 Å². The molecule has 0 saturated heterocycles. The quantitative estimate of drug-likeness (QED) is 0.180. The molecule has 1 aromatic rings. The molecule has 0 spiro atoms. The van der Waals surface area contributed by atoms with Crippen molar-refractivity contribution in [3.8, 4) is 11.5 Å². The number of ether oxygens (including phenoxy) is 2. The van der Waals surface area contributed by atoms with E-state index < -0.39 is 12.3 Å². The van der Waals surface area contributed by atoms with E-state index in [9.17, 15) is 9.59 Å². The molecule has 1 rings (SSSR count). The minimum Gasteiger partial charge on any atom is -1.00 e. The summed E-state index contributed by atoms with van der Waals surface area (Å²) in [4.78, 5) is 20.2.